The largest absolute Gasteiger partial charge is 0.452 e. The Kier molecular flexibility index (Phi) is 6.28. The average molecular weight is 331 g/mol. The van der Waals surface area contributed by atoms with E-state index in [1.165, 1.54) is 24.3 Å². The van der Waals surface area contributed by atoms with E-state index < -0.39 is 11.9 Å². The van der Waals surface area contributed by atoms with Crippen LogP contribution in [0.2, 0.25) is 0 Å². The normalized spacial score (nSPS) is 13.7. The molecule has 0 radical (unpaired) electrons. The zero-order chi connectivity index (χ0) is 17.4. The van der Waals surface area contributed by atoms with E-state index in [0.29, 0.717) is 32.0 Å². The van der Waals surface area contributed by atoms with Crippen molar-refractivity contribution in [2.24, 2.45) is 0 Å². The predicted molar refractivity (Wildman–Crippen MR) is 83.0 cm³/mol. The summed E-state index contributed by atoms with van der Waals surface area (Å²) in [6.45, 7) is 1.64. The molecule has 1 aliphatic rings. The Morgan fingerprint density at radius 3 is 2.50 bits per heavy atom. The summed E-state index contributed by atoms with van der Waals surface area (Å²) in [5, 5.41) is 10.9. The van der Waals surface area contributed by atoms with Gasteiger partial charge in [-0.05, 0) is 24.3 Å². The molecule has 0 unspecified atom stereocenters. The molecule has 0 aliphatic carbocycles. The van der Waals surface area contributed by atoms with Crippen molar-refractivity contribution in [2.45, 2.75) is 6.42 Å². The minimum atomic E-state index is -0.619. The van der Waals surface area contributed by atoms with Crippen LogP contribution in [0, 0.1) is 11.3 Å². The van der Waals surface area contributed by atoms with Crippen LogP contribution < -0.4 is 5.32 Å². The van der Waals surface area contributed by atoms with Gasteiger partial charge in [-0.2, -0.15) is 5.26 Å². The number of anilines is 1. The predicted octanol–water partition coefficient (Wildman–Crippen LogP) is 0.554. The van der Waals surface area contributed by atoms with Crippen LogP contribution in [0.1, 0.15) is 16.8 Å². The minimum absolute atomic E-state index is 0.243. The van der Waals surface area contributed by atoms with Crippen LogP contribution >= 0.6 is 0 Å². The lowest BCUT2D eigenvalue weighted by Crippen LogP contribution is -2.42. The first-order chi connectivity index (χ1) is 11.6. The third-order valence-corrected chi connectivity index (χ3v) is 3.33. The van der Waals surface area contributed by atoms with E-state index in [2.05, 4.69) is 5.32 Å². The molecule has 1 aliphatic heterocycles. The van der Waals surface area contributed by atoms with Crippen molar-refractivity contribution >= 4 is 23.5 Å². The van der Waals surface area contributed by atoms with Gasteiger partial charge in [0.2, 0.25) is 5.91 Å². The first-order valence-corrected chi connectivity index (χ1v) is 7.39. The zero-order valence-electron chi connectivity index (χ0n) is 13.0. The monoisotopic (exact) mass is 331 g/mol. The highest BCUT2D eigenvalue weighted by atomic mass is 16.5. The van der Waals surface area contributed by atoms with Crippen LogP contribution in [-0.4, -0.2) is 55.6 Å². The Bertz CT molecular complexity index is 645. The van der Waals surface area contributed by atoms with Gasteiger partial charge in [-0.1, -0.05) is 0 Å². The highest BCUT2D eigenvalue weighted by Gasteiger charge is 2.18. The molecule has 126 valence electrons. The molecule has 2 rings (SSSR count). The van der Waals surface area contributed by atoms with E-state index in [1.54, 1.807) is 11.0 Å². The molecule has 0 bridgehead atoms. The van der Waals surface area contributed by atoms with Gasteiger partial charge in [0.1, 0.15) is 6.42 Å². The van der Waals surface area contributed by atoms with Crippen LogP contribution in [0.15, 0.2) is 24.3 Å². The molecule has 2 amide bonds. The topological polar surface area (TPSA) is 109 Å². The standard InChI is InChI=1S/C16H17N3O5/c17-6-5-14(20)18-13-3-1-12(2-4-13)16(22)24-11-15(21)19-7-9-23-10-8-19/h1-4H,5,7-11H2,(H,18,20). The fourth-order valence-corrected chi connectivity index (χ4v) is 2.08. The fourth-order valence-electron chi connectivity index (χ4n) is 2.08. The maximum atomic E-state index is 11.9. The molecule has 1 heterocycles. The molecule has 1 fully saturated rings. The summed E-state index contributed by atoms with van der Waals surface area (Å²) in [5.41, 5.74) is 0.735. The Morgan fingerprint density at radius 1 is 1.21 bits per heavy atom. The van der Waals surface area contributed by atoms with Crippen molar-refractivity contribution in [3.63, 3.8) is 0 Å². The molecule has 0 saturated carbocycles. The number of hydrogen-bond donors (Lipinski definition) is 1. The SMILES string of the molecule is N#CCC(=O)Nc1ccc(C(=O)OCC(=O)N2CCOCC2)cc1. The molecule has 1 aromatic rings. The lowest BCUT2D eigenvalue weighted by atomic mass is 10.2. The summed E-state index contributed by atoms with van der Waals surface area (Å²) in [7, 11) is 0. The summed E-state index contributed by atoms with van der Waals surface area (Å²) in [5.74, 6) is -1.30. The number of esters is 1. The van der Waals surface area contributed by atoms with E-state index >= 15 is 0 Å². The van der Waals surface area contributed by atoms with Crippen LogP contribution in [0.4, 0.5) is 5.69 Å². The Balaban J connectivity index is 1.82. The number of nitriles is 1. The molecule has 1 saturated heterocycles. The van der Waals surface area contributed by atoms with Crippen molar-refractivity contribution in [1.29, 1.82) is 5.26 Å². The van der Waals surface area contributed by atoms with E-state index in [-0.39, 0.29) is 24.5 Å². The van der Waals surface area contributed by atoms with Crippen LogP contribution in [-0.2, 0) is 19.1 Å². The number of rotatable bonds is 5. The molecule has 1 N–H and O–H groups in total. The second kappa shape index (κ2) is 8.64. The van der Waals surface area contributed by atoms with Gasteiger partial charge in [-0.25, -0.2) is 4.79 Å². The molecular weight excluding hydrogens is 314 g/mol. The number of carbonyl (C=O) groups excluding carboxylic acids is 3. The van der Waals surface area contributed by atoms with E-state index in [9.17, 15) is 14.4 Å². The summed E-state index contributed by atoms with van der Waals surface area (Å²) in [6, 6.07) is 7.74. The number of ether oxygens (including phenoxy) is 2. The third-order valence-electron chi connectivity index (χ3n) is 3.33. The van der Waals surface area contributed by atoms with Crippen molar-refractivity contribution in [3.8, 4) is 6.07 Å². The quantitative estimate of drug-likeness (QED) is 0.790. The number of amides is 2. The van der Waals surface area contributed by atoms with Gasteiger partial charge >= 0.3 is 5.97 Å². The van der Waals surface area contributed by atoms with Gasteiger partial charge in [-0.3, -0.25) is 9.59 Å². The maximum absolute atomic E-state index is 11.9. The van der Waals surface area contributed by atoms with Gasteiger partial charge in [-0.15, -0.1) is 0 Å². The lowest BCUT2D eigenvalue weighted by Gasteiger charge is -2.26. The van der Waals surface area contributed by atoms with Crippen molar-refractivity contribution < 1.29 is 23.9 Å². The maximum Gasteiger partial charge on any atom is 0.338 e. The highest BCUT2D eigenvalue weighted by Crippen LogP contribution is 2.11. The first kappa shape index (κ1) is 17.4. The molecule has 0 spiro atoms. The summed E-state index contributed by atoms with van der Waals surface area (Å²) in [4.78, 5) is 36.7. The van der Waals surface area contributed by atoms with Crippen molar-refractivity contribution in [3.05, 3.63) is 29.8 Å². The molecule has 24 heavy (non-hydrogen) atoms. The molecule has 8 nitrogen and oxygen atoms in total. The lowest BCUT2D eigenvalue weighted by molar-refractivity contribution is -0.138. The number of nitrogens with one attached hydrogen (secondary N) is 1. The van der Waals surface area contributed by atoms with Gasteiger partial charge in [0.25, 0.3) is 5.91 Å². The number of nitrogens with zero attached hydrogens (tertiary/aromatic N) is 2. The molecule has 8 heteroatoms. The molecule has 0 aromatic heterocycles. The fraction of sp³-hybridized carbons (Fsp3) is 0.375. The van der Waals surface area contributed by atoms with Crippen LogP contribution in [0.3, 0.4) is 0 Å². The zero-order valence-corrected chi connectivity index (χ0v) is 13.0. The van der Waals surface area contributed by atoms with Gasteiger partial charge in [0, 0.05) is 18.8 Å². The summed E-state index contributed by atoms with van der Waals surface area (Å²) >= 11 is 0. The van der Waals surface area contributed by atoms with E-state index in [4.69, 9.17) is 14.7 Å². The van der Waals surface area contributed by atoms with Crippen LogP contribution in [0.5, 0.6) is 0 Å². The number of morpholine rings is 1. The molecule has 1 aromatic carbocycles. The second-order valence-corrected chi connectivity index (χ2v) is 5.03. The minimum Gasteiger partial charge on any atom is -0.452 e. The van der Waals surface area contributed by atoms with Crippen molar-refractivity contribution in [1.82, 2.24) is 4.90 Å². The molecular formula is C16H17N3O5. The Labute approximate surface area is 138 Å². The number of hydrogen-bond acceptors (Lipinski definition) is 6. The third kappa shape index (κ3) is 5.07. The van der Waals surface area contributed by atoms with E-state index in [1.807, 2.05) is 0 Å². The van der Waals surface area contributed by atoms with Gasteiger partial charge < -0.3 is 19.7 Å². The van der Waals surface area contributed by atoms with Gasteiger partial charge in [0.05, 0.1) is 24.8 Å². The smallest absolute Gasteiger partial charge is 0.338 e. The van der Waals surface area contributed by atoms with E-state index in [0.717, 1.165) is 0 Å². The van der Waals surface area contributed by atoms with Crippen molar-refractivity contribution in [2.75, 3.05) is 38.2 Å². The second-order valence-electron chi connectivity index (χ2n) is 5.03. The Hall–Kier alpha value is -2.92. The number of carbonyl (C=O) groups is 3. The molecule has 0 atom stereocenters. The highest BCUT2D eigenvalue weighted by molar-refractivity contribution is 5.94. The first-order valence-electron chi connectivity index (χ1n) is 7.39. The average Bonchev–Trinajstić information content (AvgIpc) is 2.61. The van der Waals surface area contributed by atoms with Gasteiger partial charge in [0.15, 0.2) is 6.61 Å². The number of benzene rings is 1. The summed E-state index contributed by atoms with van der Waals surface area (Å²) < 4.78 is 10.2. The summed E-state index contributed by atoms with van der Waals surface area (Å²) in [6.07, 6.45) is -0.243. The Morgan fingerprint density at radius 2 is 1.88 bits per heavy atom. The van der Waals surface area contributed by atoms with Crippen LogP contribution in [0.25, 0.3) is 0 Å².